The quantitative estimate of drug-likeness (QED) is 0.480. The molecule has 0 saturated heterocycles. The molecule has 0 fully saturated rings. The zero-order valence-electron chi connectivity index (χ0n) is 15.9. The summed E-state index contributed by atoms with van der Waals surface area (Å²) in [4.78, 5) is 17.1. The summed E-state index contributed by atoms with van der Waals surface area (Å²) in [7, 11) is 1.62. The highest BCUT2D eigenvalue weighted by Crippen LogP contribution is 2.29. The van der Waals surface area contributed by atoms with Gasteiger partial charge in [0, 0.05) is 46.0 Å². The topological polar surface area (TPSA) is 51.2 Å². The van der Waals surface area contributed by atoms with Crippen molar-refractivity contribution in [3.8, 4) is 16.9 Å². The van der Waals surface area contributed by atoms with Gasteiger partial charge < -0.3 is 10.1 Å². The van der Waals surface area contributed by atoms with Gasteiger partial charge in [0.25, 0.3) is 5.91 Å². The first-order valence-corrected chi connectivity index (χ1v) is 9.57. The van der Waals surface area contributed by atoms with E-state index in [1.807, 2.05) is 72.9 Å². The lowest BCUT2D eigenvalue weighted by Crippen LogP contribution is -2.23. The van der Waals surface area contributed by atoms with E-state index >= 15 is 0 Å². The van der Waals surface area contributed by atoms with E-state index in [0.29, 0.717) is 17.1 Å². The van der Waals surface area contributed by atoms with Gasteiger partial charge in [-0.15, -0.1) is 0 Å². The van der Waals surface area contributed by atoms with Gasteiger partial charge in [-0.2, -0.15) is 0 Å². The van der Waals surface area contributed by atoms with Crippen molar-refractivity contribution in [2.75, 3.05) is 7.11 Å². The molecule has 0 aliphatic rings. The SMILES string of the molecule is COc1ccccc1CNC(=O)c1ccc2cncc(-c3ccc(Cl)cc3)c2c1. The number of methoxy groups -OCH3 is 1. The van der Waals surface area contributed by atoms with Crippen LogP contribution >= 0.6 is 11.6 Å². The van der Waals surface area contributed by atoms with Crippen LogP contribution in [0.1, 0.15) is 15.9 Å². The van der Waals surface area contributed by atoms with Crippen molar-refractivity contribution in [3.05, 3.63) is 95.3 Å². The molecule has 1 amide bonds. The van der Waals surface area contributed by atoms with Gasteiger partial charge in [-0.05, 0) is 41.3 Å². The molecule has 0 radical (unpaired) electrons. The number of para-hydroxylation sites is 1. The van der Waals surface area contributed by atoms with Crippen LogP contribution in [0.5, 0.6) is 5.75 Å². The van der Waals surface area contributed by atoms with Crippen molar-refractivity contribution >= 4 is 28.3 Å². The molecule has 0 atom stereocenters. The molecule has 144 valence electrons. The normalized spacial score (nSPS) is 10.7. The summed E-state index contributed by atoms with van der Waals surface area (Å²) in [6, 6.07) is 20.9. The van der Waals surface area contributed by atoms with Gasteiger partial charge in [-0.3, -0.25) is 9.78 Å². The number of amides is 1. The number of rotatable bonds is 5. The summed E-state index contributed by atoms with van der Waals surface area (Å²) in [5.74, 6) is 0.610. The van der Waals surface area contributed by atoms with E-state index in [4.69, 9.17) is 16.3 Å². The van der Waals surface area contributed by atoms with Gasteiger partial charge >= 0.3 is 0 Å². The van der Waals surface area contributed by atoms with Crippen LogP contribution in [0.15, 0.2) is 79.1 Å². The first kappa shape index (κ1) is 19.0. The van der Waals surface area contributed by atoms with Crippen LogP contribution in [0.3, 0.4) is 0 Å². The highest BCUT2D eigenvalue weighted by atomic mass is 35.5. The number of carbonyl (C=O) groups is 1. The van der Waals surface area contributed by atoms with E-state index in [2.05, 4.69) is 10.3 Å². The fourth-order valence-corrected chi connectivity index (χ4v) is 3.42. The fourth-order valence-electron chi connectivity index (χ4n) is 3.29. The molecule has 1 heterocycles. The summed E-state index contributed by atoms with van der Waals surface area (Å²) in [6.45, 7) is 0.390. The number of hydrogen-bond acceptors (Lipinski definition) is 3. The molecular weight excluding hydrogens is 384 g/mol. The van der Waals surface area contributed by atoms with Crippen molar-refractivity contribution in [2.24, 2.45) is 0 Å². The Morgan fingerprint density at radius 3 is 2.62 bits per heavy atom. The molecule has 4 aromatic rings. The monoisotopic (exact) mass is 402 g/mol. The zero-order valence-corrected chi connectivity index (χ0v) is 16.6. The van der Waals surface area contributed by atoms with Crippen LogP contribution in [0.25, 0.3) is 21.9 Å². The number of nitrogens with one attached hydrogen (secondary N) is 1. The molecule has 0 aliphatic heterocycles. The maximum Gasteiger partial charge on any atom is 0.251 e. The summed E-state index contributed by atoms with van der Waals surface area (Å²) < 4.78 is 5.35. The third kappa shape index (κ3) is 4.08. The van der Waals surface area contributed by atoms with Crippen molar-refractivity contribution in [2.45, 2.75) is 6.54 Å². The minimum absolute atomic E-state index is 0.142. The van der Waals surface area contributed by atoms with Gasteiger partial charge in [0.1, 0.15) is 5.75 Å². The summed E-state index contributed by atoms with van der Waals surface area (Å²) >= 11 is 6.01. The summed E-state index contributed by atoms with van der Waals surface area (Å²) in [5.41, 5.74) is 3.47. The van der Waals surface area contributed by atoms with Crippen molar-refractivity contribution < 1.29 is 9.53 Å². The number of ether oxygens (including phenoxy) is 1. The van der Waals surface area contributed by atoms with Crippen LogP contribution < -0.4 is 10.1 Å². The molecule has 29 heavy (non-hydrogen) atoms. The number of hydrogen-bond donors (Lipinski definition) is 1. The summed E-state index contributed by atoms with van der Waals surface area (Å²) in [6.07, 6.45) is 3.60. The number of nitrogens with zero attached hydrogens (tertiary/aromatic N) is 1. The second-order valence-corrected chi connectivity index (χ2v) is 7.06. The van der Waals surface area contributed by atoms with Crippen LogP contribution in [0.2, 0.25) is 5.02 Å². The number of carbonyl (C=O) groups excluding carboxylic acids is 1. The highest BCUT2D eigenvalue weighted by Gasteiger charge is 2.11. The van der Waals surface area contributed by atoms with Crippen LogP contribution in [0.4, 0.5) is 0 Å². The molecule has 0 aliphatic carbocycles. The predicted molar refractivity (Wildman–Crippen MR) is 116 cm³/mol. The minimum atomic E-state index is -0.142. The molecule has 0 spiro atoms. The predicted octanol–water partition coefficient (Wildman–Crippen LogP) is 5.49. The number of pyridine rings is 1. The van der Waals surface area contributed by atoms with Crippen molar-refractivity contribution in [1.29, 1.82) is 0 Å². The Morgan fingerprint density at radius 1 is 1.03 bits per heavy atom. The standard InChI is InChI=1S/C24H19ClN2O2/c1-29-23-5-3-2-4-19(23)14-27-24(28)17-6-7-18-13-26-15-22(21(18)12-17)16-8-10-20(25)11-9-16/h2-13,15H,14H2,1H3,(H,27,28). The first-order valence-electron chi connectivity index (χ1n) is 9.19. The maximum atomic E-state index is 12.8. The van der Waals surface area contributed by atoms with E-state index in [1.54, 1.807) is 13.3 Å². The number of benzene rings is 3. The summed E-state index contributed by atoms with van der Waals surface area (Å²) in [5, 5.41) is 5.58. The van der Waals surface area contributed by atoms with Gasteiger partial charge in [0.15, 0.2) is 0 Å². The third-order valence-corrected chi connectivity index (χ3v) is 5.06. The highest BCUT2D eigenvalue weighted by molar-refractivity contribution is 6.30. The van der Waals surface area contributed by atoms with Crippen LogP contribution in [-0.2, 0) is 6.54 Å². The van der Waals surface area contributed by atoms with E-state index < -0.39 is 0 Å². The lowest BCUT2D eigenvalue weighted by molar-refractivity contribution is 0.0951. The molecule has 3 aromatic carbocycles. The number of aromatic nitrogens is 1. The Labute approximate surface area is 174 Å². The van der Waals surface area contributed by atoms with E-state index in [9.17, 15) is 4.79 Å². The largest absolute Gasteiger partial charge is 0.496 e. The first-order chi connectivity index (χ1) is 14.2. The average Bonchev–Trinajstić information content (AvgIpc) is 2.77. The number of fused-ring (bicyclic) bond motifs is 1. The second-order valence-electron chi connectivity index (χ2n) is 6.62. The van der Waals surface area contributed by atoms with Crippen LogP contribution in [-0.4, -0.2) is 18.0 Å². The van der Waals surface area contributed by atoms with E-state index in [1.165, 1.54) is 0 Å². The lowest BCUT2D eigenvalue weighted by atomic mass is 9.99. The third-order valence-electron chi connectivity index (χ3n) is 4.81. The second kappa shape index (κ2) is 8.33. The average molecular weight is 403 g/mol. The van der Waals surface area contributed by atoms with Gasteiger partial charge in [-0.25, -0.2) is 0 Å². The zero-order chi connectivity index (χ0) is 20.2. The molecule has 0 unspecified atom stereocenters. The Balaban J connectivity index is 1.63. The smallest absolute Gasteiger partial charge is 0.251 e. The Hall–Kier alpha value is -3.37. The fraction of sp³-hybridized carbons (Fsp3) is 0.0833. The molecule has 0 bridgehead atoms. The lowest BCUT2D eigenvalue weighted by Gasteiger charge is -2.11. The number of halogens is 1. The molecule has 4 nitrogen and oxygen atoms in total. The van der Waals surface area contributed by atoms with Crippen LogP contribution in [0, 0.1) is 0 Å². The molecule has 0 saturated carbocycles. The van der Waals surface area contributed by atoms with Gasteiger partial charge in [-0.1, -0.05) is 48.0 Å². The maximum absolute atomic E-state index is 12.8. The molecule has 4 rings (SSSR count). The van der Waals surface area contributed by atoms with E-state index in [-0.39, 0.29) is 5.91 Å². The molecule has 1 aromatic heterocycles. The minimum Gasteiger partial charge on any atom is -0.496 e. The molecule has 1 N–H and O–H groups in total. The Bertz CT molecular complexity index is 1170. The Morgan fingerprint density at radius 2 is 1.83 bits per heavy atom. The van der Waals surface area contributed by atoms with Crippen molar-refractivity contribution in [3.63, 3.8) is 0 Å². The molecular formula is C24H19ClN2O2. The van der Waals surface area contributed by atoms with E-state index in [0.717, 1.165) is 33.2 Å². The van der Waals surface area contributed by atoms with Gasteiger partial charge in [0.2, 0.25) is 0 Å². The van der Waals surface area contributed by atoms with Gasteiger partial charge in [0.05, 0.1) is 7.11 Å². The van der Waals surface area contributed by atoms with Crippen molar-refractivity contribution in [1.82, 2.24) is 10.3 Å². The molecule has 5 heteroatoms. The Kier molecular flexibility index (Phi) is 5.45.